The van der Waals surface area contributed by atoms with E-state index in [1.54, 1.807) is 0 Å². The number of fused-ring (bicyclic) bond motifs is 2. The van der Waals surface area contributed by atoms with Crippen molar-refractivity contribution in [2.24, 2.45) is 0 Å². The molecule has 1 nitrogen and oxygen atoms in total. The van der Waals surface area contributed by atoms with E-state index in [1.165, 1.54) is 22.3 Å². The van der Waals surface area contributed by atoms with Gasteiger partial charge in [0.1, 0.15) is 0 Å². The maximum atomic E-state index is 4.72. The third-order valence-electron chi connectivity index (χ3n) is 3.05. The first kappa shape index (κ1) is 13.5. The summed E-state index contributed by atoms with van der Waals surface area (Å²) in [4.78, 5) is 0. The van der Waals surface area contributed by atoms with Crippen LogP contribution < -0.4 is 0 Å². The van der Waals surface area contributed by atoms with Gasteiger partial charge in [-0.05, 0) is 25.0 Å². The zero-order chi connectivity index (χ0) is 11.8. The molecule has 1 aliphatic rings. The van der Waals surface area contributed by atoms with Crippen molar-refractivity contribution in [1.82, 2.24) is 0 Å². The zero-order valence-corrected chi connectivity index (χ0v) is 13.5. The van der Waals surface area contributed by atoms with Crippen molar-refractivity contribution in [3.8, 4) is 0 Å². The molecule has 0 saturated heterocycles. The molecule has 0 bridgehead atoms. The molecule has 2 heteroatoms. The molecule has 18 heavy (non-hydrogen) atoms. The van der Waals surface area contributed by atoms with Gasteiger partial charge in [0.15, 0.2) is 0 Å². The third-order valence-corrected chi connectivity index (χ3v) is 3.05. The number of benzene rings is 2. The fourth-order valence-corrected chi connectivity index (χ4v) is 2.13. The molecule has 0 atom stereocenters. The molecule has 1 aliphatic heterocycles. The van der Waals surface area contributed by atoms with E-state index < -0.39 is 0 Å². The molecule has 0 amide bonds. The van der Waals surface area contributed by atoms with Crippen LogP contribution in [0.25, 0.3) is 17.5 Å². The SMILES string of the molecule is Cc1ccc2c(c1)C=Cc1cc(C)ccc1[N-]2.[Y]. The summed E-state index contributed by atoms with van der Waals surface area (Å²) in [7, 11) is 0. The molecule has 0 spiro atoms. The van der Waals surface area contributed by atoms with Crippen molar-refractivity contribution < 1.29 is 32.7 Å². The molecular formula is C16H14NY-. The first-order valence-corrected chi connectivity index (χ1v) is 5.83. The predicted octanol–water partition coefficient (Wildman–Crippen LogP) is 5.12. The van der Waals surface area contributed by atoms with Gasteiger partial charge in [-0.25, -0.2) is 0 Å². The molecule has 2 aromatic carbocycles. The van der Waals surface area contributed by atoms with E-state index in [-0.39, 0.29) is 32.7 Å². The average molecular weight is 309 g/mol. The Morgan fingerprint density at radius 1 is 0.722 bits per heavy atom. The Bertz CT molecular complexity index is 561. The first-order chi connectivity index (χ1) is 8.22. The monoisotopic (exact) mass is 309 g/mol. The molecule has 0 fully saturated rings. The second kappa shape index (κ2) is 5.38. The summed E-state index contributed by atoms with van der Waals surface area (Å²) >= 11 is 0. The fraction of sp³-hybridized carbons (Fsp3) is 0.125. The minimum absolute atomic E-state index is 0. The van der Waals surface area contributed by atoms with Crippen LogP contribution in [0.5, 0.6) is 0 Å². The average Bonchev–Trinajstić information content (AvgIpc) is 2.48. The van der Waals surface area contributed by atoms with Crippen molar-refractivity contribution in [3.05, 3.63) is 64.0 Å². The minimum Gasteiger partial charge on any atom is -0.657 e. The smallest absolute Gasteiger partial charge is 0 e. The molecule has 87 valence electrons. The Kier molecular flexibility index (Phi) is 4.04. The van der Waals surface area contributed by atoms with E-state index in [4.69, 9.17) is 5.32 Å². The number of hydrogen-bond acceptors (Lipinski definition) is 0. The second-order valence-corrected chi connectivity index (χ2v) is 4.57. The Hall–Kier alpha value is -0.916. The third kappa shape index (κ3) is 2.58. The van der Waals surface area contributed by atoms with Gasteiger partial charge in [0.05, 0.1) is 0 Å². The van der Waals surface area contributed by atoms with Crippen LogP contribution in [0, 0.1) is 13.8 Å². The van der Waals surface area contributed by atoms with Crippen LogP contribution >= 0.6 is 0 Å². The fourth-order valence-electron chi connectivity index (χ4n) is 2.13. The summed E-state index contributed by atoms with van der Waals surface area (Å²) in [5.41, 5.74) is 7.03. The number of hydrogen-bond donors (Lipinski definition) is 0. The Balaban J connectivity index is 0.00000120. The van der Waals surface area contributed by atoms with Crippen LogP contribution in [0.3, 0.4) is 0 Å². The summed E-state index contributed by atoms with van der Waals surface area (Å²) in [6.45, 7) is 4.21. The molecule has 3 rings (SSSR count). The summed E-state index contributed by atoms with van der Waals surface area (Å²) in [5.74, 6) is 0. The van der Waals surface area contributed by atoms with E-state index in [9.17, 15) is 0 Å². The molecular weight excluding hydrogens is 295 g/mol. The normalized spacial score (nSPS) is 11.7. The number of rotatable bonds is 0. The van der Waals surface area contributed by atoms with Gasteiger partial charge in [-0.15, -0.1) is 11.4 Å². The Morgan fingerprint density at radius 3 is 1.61 bits per heavy atom. The van der Waals surface area contributed by atoms with E-state index >= 15 is 0 Å². The molecule has 0 saturated carbocycles. The van der Waals surface area contributed by atoms with Gasteiger partial charge < -0.3 is 5.32 Å². The summed E-state index contributed by atoms with van der Waals surface area (Å²) in [5, 5.41) is 4.72. The maximum Gasteiger partial charge on any atom is 0 e. The van der Waals surface area contributed by atoms with Crippen LogP contribution in [0.1, 0.15) is 22.3 Å². The number of aryl methyl sites for hydroxylation is 2. The van der Waals surface area contributed by atoms with Gasteiger partial charge in [0.2, 0.25) is 0 Å². The molecule has 0 unspecified atom stereocenters. The van der Waals surface area contributed by atoms with Gasteiger partial charge in [-0.1, -0.05) is 59.7 Å². The molecule has 0 N–H and O–H groups in total. The molecule has 0 aliphatic carbocycles. The van der Waals surface area contributed by atoms with E-state index in [0.717, 1.165) is 11.4 Å². The topological polar surface area (TPSA) is 14.1 Å². The Labute approximate surface area is 133 Å². The molecule has 0 aromatic heterocycles. The maximum absolute atomic E-state index is 4.72. The van der Waals surface area contributed by atoms with Crippen molar-refractivity contribution in [2.75, 3.05) is 0 Å². The zero-order valence-electron chi connectivity index (χ0n) is 10.6. The van der Waals surface area contributed by atoms with Gasteiger partial charge in [0, 0.05) is 32.7 Å². The summed E-state index contributed by atoms with van der Waals surface area (Å²) in [6.07, 6.45) is 4.30. The van der Waals surface area contributed by atoms with Gasteiger partial charge in [0.25, 0.3) is 0 Å². The molecule has 1 heterocycles. The standard InChI is InChI=1S/C16H14N.Y/c1-11-3-7-15-13(9-11)5-6-14-10-12(2)4-8-16(14)17-15;/h3-10H,1-2H3;/q-1;. The van der Waals surface area contributed by atoms with Crippen LogP contribution in [0.2, 0.25) is 0 Å². The summed E-state index contributed by atoms with van der Waals surface area (Å²) < 4.78 is 0. The Morgan fingerprint density at radius 2 is 1.17 bits per heavy atom. The van der Waals surface area contributed by atoms with Crippen LogP contribution in [0.15, 0.2) is 36.4 Å². The van der Waals surface area contributed by atoms with Crippen molar-refractivity contribution >= 4 is 23.5 Å². The van der Waals surface area contributed by atoms with Crippen molar-refractivity contribution in [1.29, 1.82) is 0 Å². The second-order valence-electron chi connectivity index (χ2n) is 4.57. The van der Waals surface area contributed by atoms with E-state index in [1.807, 2.05) is 0 Å². The molecule has 1 radical (unpaired) electrons. The summed E-state index contributed by atoms with van der Waals surface area (Å²) in [6, 6.07) is 12.7. The van der Waals surface area contributed by atoms with Gasteiger partial charge in [-0.3, -0.25) is 0 Å². The quantitative estimate of drug-likeness (QED) is 0.547. The minimum atomic E-state index is 0. The molecule has 2 aromatic rings. The number of nitrogens with zero attached hydrogens (tertiary/aromatic N) is 1. The van der Waals surface area contributed by atoms with Gasteiger partial charge >= 0.3 is 0 Å². The predicted molar refractivity (Wildman–Crippen MR) is 74.0 cm³/mol. The van der Waals surface area contributed by atoms with Crippen LogP contribution in [0.4, 0.5) is 11.4 Å². The first-order valence-electron chi connectivity index (χ1n) is 5.83. The largest absolute Gasteiger partial charge is 0.657 e. The van der Waals surface area contributed by atoms with Crippen LogP contribution in [-0.4, -0.2) is 0 Å². The van der Waals surface area contributed by atoms with Crippen molar-refractivity contribution in [3.63, 3.8) is 0 Å². The van der Waals surface area contributed by atoms with Gasteiger partial charge in [-0.2, -0.15) is 0 Å². The van der Waals surface area contributed by atoms with Crippen molar-refractivity contribution in [2.45, 2.75) is 13.8 Å². The van der Waals surface area contributed by atoms with E-state index in [0.29, 0.717) is 0 Å². The van der Waals surface area contributed by atoms with Crippen LogP contribution in [-0.2, 0) is 32.7 Å². The van der Waals surface area contributed by atoms with E-state index in [2.05, 4.69) is 62.4 Å².